The van der Waals surface area contributed by atoms with Gasteiger partial charge in [0.25, 0.3) is 5.91 Å². The summed E-state index contributed by atoms with van der Waals surface area (Å²) in [5.74, 6) is 2.51. The highest BCUT2D eigenvalue weighted by molar-refractivity contribution is 6.53. The molecule has 1 unspecified atom stereocenters. The Bertz CT molecular complexity index is 1100. The average molecular weight is 434 g/mol. The highest BCUT2D eigenvalue weighted by Crippen LogP contribution is 2.45. The molecule has 3 aliphatic rings. The molecule has 0 bridgehead atoms. The molecular formula is C25H27N3O4. The maximum atomic E-state index is 13.7. The number of nitrogens with one attached hydrogen (secondary N) is 1. The summed E-state index contributed by atoms with van der Waals surface area (Å²) in [5.41, 5.74) is 4.34. The van der Waals surface area contributed by atoms with Gasteiger partial charge in [-0.2, -0.15) is 0 Å². The first kappa shape index (κ1) is 20.4. The van der Waals surface area contributed by atoms with Crippen LogP contribution in [0, 0.1) is 5.92 Å². The van der Waals surface area contributed by atoms with Crippen molar-refractivity contribution in [2.75, 3.05) is 31.9 Å². The molecule has 7 nitrogen and oxygen atoms in total. The van der Waals surface area contributed by atoms with Gasteiger partial charge in [-0.05, 0) is 54.3 Å². The highest BCUT2D eigenvalue weighted by atomic mass is 16.7. The molecule has 5 rings (SSSR count). The van der Waals surface area contributed by atoms with Crippen molar-refractivity contribution in [2.45, 2.75) is 26.3 Å². The van der Waals surface area contributed by atoms with Crippen LogP contribution in [0.2, 0.25) is 0 Å². The zero-order chi connectivity index (χ0) is 22.2. The molecule has 1 atom stereocenters. The topological polar surface area (TPSA) is 72.4 Å². The number of benzene rings is 2. The van der Waals surface area contributed by atoms with Crippen LogP contribution in [0.15, 0.2) is 58.7 Å². The van der Waals surface area contributed by atoms with E-state index in [0.29, 0.717) is 23.9 Å². The van der Waals surface area contributed by atoms with Gasteiger partial charge in [-0.1, -0.05) is 19.9 Å². The number of aliphatic imine (C=N–C) groups is 1. The third-order valence-corrected chi connectivity index (χ3v) is 5.93. The van der Waals surface area contributed by atoms with E-state index < -0.39 is 0 Å². The molecule has 1 fully saturated rings. The van der Waals surface area contributed by atoms with Gasteiger partial charge in [0.05, 0.1) is 19.7 Å². The van der Waals surface area contributed by atoms with E-state index in [1.807, 2.05) is 47.4 Å². The van der Waals surface area contributed by atoms with Crippen LogP contribution in [-0.4, -0.2) is 38.6 Å². The number of amides is 1. The molecule has 2 aromatic rings. The number of fused-ring (bicyclic) bond motifs is 2. The van der Waals surface area contributed by atoms with Gasteiger partial charge in [0.2, 0.25) is 6.79 Å². The largest absolute Gasteiger partial charge is 0.497 e. The number of ether oxygens (including phenoxy) is 3. The summed E-state index contributed by atoms with van der Waals surface area (Å²) >= 11 is 0. The quantitative estimate of drug-likeness (QED) is 0.775. The summed E-state index contributed by atoms with van der Waals surface area (Å²) in [6.07, 6.45) is 0.846. The number of nitrogens with zero attached hydrogens (tertiary/aromatic N) is 2. The normalized spacial score (nSPS) is 19.6. The van der Waals surface area contributed by atoms with Gasteiger partial charge < -0.3 is 19.5 Å². The van der Waals surface area contributed by atoms with E-state index in [0.717, 1.165) is 47.0 Å². The molecule has 0 aliphatic carbocycles. The van der Waals surface area contributed by atoms with Crippen LogP contribution < -0.4 is 24.4 Å². The Labute approximate surface area is 187 Å². The molecule has 1 N–H and O–H groups in total. The summed E-state index contributed by atoms with van der Waals surface area (Å²) < 4.78 is 16.5. The summed E-state index contributed by atoms with van der Waals surface area (Å²) in [4.78, 5) is 20.3. The predicted molar refractivity (Wildman–Crippen MR) is 123 cm³/mol. The molecule has 0 spiro atoms. The Morgan fingerprint density at radius 2 is 1.94 bits per heavy atom. The van der Waals surface area contributed by atoms with Crippen LogP contribution in [0.5, 0.6) is 17.2 Å². The Balaban J connectivity index is 1.70. The van der Waals surface area contributed by atoms with Gasteiger partial charge in [-0.3, -0.25) is 14.7 Å². The number of methoxy groups -OCH3 is 1. The first-order valence-electron chi connectivity index (χ1n) is 11.0. The lowest BCUT2D eigenvalue weighted by molar-refractivity contribution is -0.112. The van der Waals surface area contributed by atoms with E-state index in [1.54, 1.807) is 7.11 Å². The molecule has 166 valence electrons. The number of hydrogen-bond donors (Lipinski definition) is 1. The zero-order valence-corrected chi connectivity index (χ0v) is 18.6. The Morgan fingerprint density at radius 3 is 2.69 bits per heavy atom. The summed E-state index contributed by atoms with van der Waals surface area (Å²) in [6, 6.07) is 13.2. The van der Waals surface area contributed by atoms with Crippen LogP contribution in [0.4, 0.5) is 5.69 Å². The second-order valence-corrected chi connectivity index (χ2v) is 8.54. The van der Waals surface area contributed by atoms with E-state index in [2.05, 4.69) is 19.2 Å². The van der Waals surface area contributed by atoms with Crippen molar-refractivity contribution in [3.05, 3.63) is 59.3 Å². The predicted octanol–water partition coefficient (Wildman–Crippen LogP) is 3.86. The lowest BCUT2D eigenvalue weighted by atomic mass is 9.93. The minimum Gasteiger partial charge on any atom is -0.497 e. The third kappa shape index (κ3) is 3.47. The van der Waals surface area contributed by atoms with Gasteiger partial charge in [0.15, 0.2) is 11.5 Å². The van der Waals surface area contributed by atoms with Gasteiger partial charge in [-0.25, -0.2) is 0 Å². The van der Waals surface area contributed by atoms with Crippen LogP contribution in [0.3, 0.4) is 0 Å². The van der Waals surface area contributed by atoms with Crippen molar-refractivity contribution in [1.82, 2.24) is 5.32 Å². The third-order valence-electron chi connectivity index (χ3n) is 5.93. The number of carbonyl (C=O) groups excluding carboxylic acids is 1. The van der Waals surface area contributed by atoms with Crippen molar-refractivity contribution in [2.24, 2.45) is 10.9 Å². The monoisotopic (exact) mass is 433 g/mol. The lowest BCUT2D eigenvalue weighted by Gasteiger charge is -2.27. The van der Waals surface area contributed by atoms with E-state index >= 15 is 0 Å². The second kappa shape index (κ2) is 8.22. The minimum atomic E-state index is -0.316. The summed E-state index contributed by atoms with van der Waals surface area (Å²) in [6.45, 7) is 5.87. The molecule has 0 saturated carbocycles. The fourth-order valence-corrected chi connectivity index (χ4v) is 4.53. The first-order chi connectivity index (χ1) is 15.6. The van der Waals surface area contributed by atoms with Gasteiger partial charge in [0.1, 0.15) is 11.5 Å². The molecule has 3 heterocycles. The van der Waals surface area contributed by atoms with Gasteiger partial charge in [0, 0.05) is 23.5 Å². The maximum Gasteiger partial charge on any atom is 0.277 e. The number of carbonyl (C=O) groups is 1. The van der Waals surface area contributed by atoms with Crippen LogP contribution in [0.25, 0.3) is 0 Å². The van der Waals surface area contributed by atoms with Crippen LogP contribution >= 0.6 is 0 Å². The lowest BCUT2D eigenvalue weighted by Crippen LogP contribution is -2.30. The van der Waals surface area contributed by atoms with Crippen LogP contribution in [-0.2, 0) is 4.79 Å². The van der Waals surface area contributed by atoms with Crippen LogP contribution in [0.1, 0.15) is 31.9 Å². The number of hydrogen-bond acceptors (Lipinski definition) is 6. The fourth-order valence-electron chi connectivity index (χ4n) is 4.53. The standard InChI is InChI=1S/C25H27N3O4/c1-15(2)12-19-22-23(27-11-10-26-19)25(29)28(17-5-7-18(30-3)8-6-17)24(22)16-4-9-20-21(13-16)32-14-31-20/h4-9,13,15,24,26H,10-12,14H2,1-3H3. The van der Waals surface area contributed by atoms with Crippen molar-refractivity contribution in [3.8, 4) is 17.2 Å². The molecule has 32 heavy (non-hydrogen) atoms. The Hall–Kier alpha value is -3.48. The molecule has 2 aromatic carbocycles. The second-order valence-electron chi connectivity index (χ2n) is 8.54. The minimum absolute atomic E-state index is 0.0854. The van der Waals surface area contributed by atoms with Crippen molar-refractivity contribution >= 4 is 17.3 Å². The summed E-state index contributed by atoms with van der Waals surface area (Å²) in [5, 5.41) is 3.56. The first-order valence-corrected chi connectivity index (χ1v) is 11.0. The van der Waals surface area contributed by atoms with Gasteiger partial charge in [-0.15, -0.1) is 0 Å². The van der Waals surface area contributed by atoms with Crippen molar-refractivity contribution in [3.63, 3.8) is 0 Å². The number of rotatable bonds is 5. The van der Waals surface area contributed by atoms with Crippen molar-refractivity contribution in [1.29, 1.82) is 0 Å². The van der Waals surface area contributed by atoms with E-state index in [9.17, 15) is 4.79 Å². The summed E-state index contributed by atoms with van der Waals surface area (Å²) in [7, 11) is 1.63. The van der Waals surface area contributed by atoms with E-state index in [4.69, 9.17) is 19.2 Å². The number of allylic oxidation sites excluding steroid dienone is 1. The number of anilines is 1. The van der Waals surface area contributed by atoms with E-state index in [-0.39, 0.29) is 18.7 Å². The van der Waals surface area contributed by atoms with Crippen molar-refractivity contribution < 1.29 is 19.0 Å². The SMILES string of the molecule is COc1ccc(N2C(=O)C3=NCCNC(CC(C)C)=C3C2c2ccc3c(c2)OCO3)cc1. The molecular weight excluding hydrogens is 406 g/mol. The molecule has 3 aliphatic heterocycles. The Kier molecular flexibility index (Phi) is 5.25. The fraction of sp³-hybridized carbons (Fsp3) is 0.360. The molecule has 0 aromatic heterocycles. The zero-order valence-electron chi connectivity index (χ0n) is 18.6. The van der Waals surface area contributed by atoms with Gasteiger partial charge >= 0.3 is 0 Å². The molecule has 7 heteroatoms. The molecule has 1 saturated heterocycles. The Morgan fingerprint density at radius 1 is 1.16 bits per heavy atom. The molecule has 0 radical (unpaired) electrons. The highest BCUT2D eigenvalue weighted by Gasteiger charge is 2.45. The smallest absolute Gasteiger partial charge is 0.277 e. The maximum absolute atomic E-state index is 13.7. The average Bonchev–Trinajstić information content (AvgIpc) is 3.31. The molecule has 1 amide bonds. The van der Waals surface area contributed by atoms with E-state index in [1.165, 1.54) is 0 Å².